The Bertz CT molecular complexity index is 638. The van der Waals surface area contributed by atoms with Gasteiger partial charge in [-0.15, -0.1) is 0 Å². The molecule has 166 valence electrons. The molecular formula is C24H34O6. The van der Waals surface area contributed by atoms with Crippen molar-refractivity contribution in [2.24, 2.45) is 0 Å². The first-order chi connectivity index (χ1) is 14.3. The standard InChI is InChI=1S/C10H22O2.2C7H6O2/c1-3-5-7-10(12)8-9(11)6-4-2;2*8-7(9)6-4-2-1-3-5-6/h9-12H,3-8H2,1-2H3;2*1-5H,(H,8,9). The summed E-state index contributed by atoms with van der Waals surface area (Å²) < 4.78 is 0. The fourth-order valence-corrected chi connectivity index (χ4v) is 2.48. The third-order valence-electron chi connectivity index (χ3n) is 4.10. The fraction of sp³-hybridized carbons (Fsp3) is 0.417. The second kappa shape index (κ2) is 17.2. The van der Waals surface area contributed by atoms with Gasteiger partial charge in [-0.2, -0.15) is 0 Å². The van der Waals surface area contributed by atoms with Crippen LogP contribution in [-0.4, -0.2) is 44.6 Å². The average Bonchev–Trinajstić information content (AvgIpc) is 2.74. The van der Waals surface area contributed by atoms with Crippen LogP contribution in [0.15, 0.2) is 60.7 Å². The van der Waals surface area contributed by atoms with Crippen LogP contribution in [0.2, 0.25) is 0 Å². The average molecular weight is 419 g/mol. The molecule has 0 saturated carbocycles. The Morgan fingerprint density at radius 3 is 1.40 bits per heavy atom. The Kier molecular flexibility index (Phi) is 15.6. The second-order valence-corrected chi connectivity index (χ2v) is 6.82. The minimum atomic E-state index is -0.879. The van der Waals surface area contributed by atoms with Crippen molar-refractivity contribution in [1.29, 1.82) is 0 Å². The fourth-order valence-electron chi connectivity index (χ4n) is 2.48. The number of benzene rings is 2. The van der Waals surface area contributed by atoms with E-state index >= 15 is 0 Å². The second-order valence-electron chi connectivity index (χ2n) is 6.82. The van der Waals surface area contributed by atoms with Crippen molar-refractivity contribution in [2.75, 3.05) is 0 Å². The Morgan fingerprint density at radius 1 is 0.700 bits per heavy atom. The van der Waals surface area contributed by atoms with Crippen molar-refractivity contribution in [3.05, 3.63) is 71.8 Å². The lowest BCUT2D eigenvalue weighted by atomic mass is 10.0. The largest absolute Gasteiger partial charge is 0.478 e. The highest BCUT2D eigenvalue weighted by Crippen LogP contribution is 2.10. The Labute approximate surface area is 178 Å². The first-order valence-corrected chi connectivity index (χ1v) is 10.2. The quantitative estimate of drug-likeness (QED) is 0.462. The number of hydrogen-bond donors (Lipinski definition) is 4. The van der Waals surface area contributed by atoms with Crippen LogP contribution in [0.5, 0.6) is 0 Å². The molecule has 0 heterocycles. The molecular weight excluding hydrogens is 384 g/mol. The van der Waals surface area contributed by atoms with Crippen molar-refractivity contribution in [1.82, 2.24) is 0 Å². The Morgan fingerprint density at radius 2 is 1.10 bits per heavy atom. The predicted molar refractivity (Wildman–Crippen MR) is 118 cm³/mol. The number of rotatable bonds is 9. The molecule has 6 heteroatoms. The number of unbranched alkanes of at least 4 members (excludes halogenated alkanes) is 1. The molecule has 0 aliphatic heterocycles. The van der Waals surface area contributed by atoms with E-state index < -0.39 is 11.9 Å². The minimum absolute atomic E-state index is 0.300. The number of carboxylic acid groups (broad SMARTS) is 2. The summed E-state index contributed by atoms with van der Waals surface area (Å²) >= 11 is 0. The molecule has 0 spiro atoms. The van der Waals surface area contributed by atoms with Crippen LogP contribution < -0.4 is 0 Å². The molecule has 0 aliphatic rings. The van der Waals surface area contributed by atoms with Crippen LogP contribution in [0.1, 0.15) is 73.1 Å². The summed E-state index contributed by atoms with van der Waals surface area (Å²) in [7, 11) is 0. The molecule has 0 saturated heterocycles. The minimum Gasteiger partial charge on any atom is -0.478 e. The van der Waals surface area contributed by atoms with Crippen molar-refractivity contribution in [3.63, 3.8) is 0 Å². The highest BCUT2D eigenvalue weighted by Gasteiger charge is 2.09. The molecule has 2 aromatic carbocycles. The first kappa shape index (κ1) is 27.3. The normalized spacial score (nSPS) is 11.7. The van der Waals surface area contributed by atoms with Gasteiger partial charge >= 0.3 is 11.9 Å². The van der Waals surface area contributed by atoms with Crippen LogP contribution in [-0.2, 0) is 0 Å². The molecule has 0 radical (unpaired) electrons. The summed E-state index contributed by atoms with van der Waals surface area (Å²) in [5.41, 5.74) is 0.662. The molecule has 2 atom stereocenters. The van der Waals surface area contributed by atoms with Crippen molar-refractivity contribution in [3.8, 4) is 0 Å². The molecule has 0 amide bonds. The van der Waals surface area contributed by atoms with Gasteiger partial charge in [0.1, 0.15) is 0 Å². The smallest absolute Gasteiger partial charge is 0.335 e. The molecule has 6 nitrogen and oxygen atoms in total. The van der Waals surface area contributed by atoms with E-state index in [0.29, 0.717) is 17.5 Å². The van der Waals surface area contributed by atoms with E-state index in [4.69, 9.17) is 10.2 Å². The van der Waals surface area contributed by atoms with Gasteiger partial charge in [-0.05, 0) is 43.5 Å². The Hall–Kier alpha value is -2.70. The van der Waals surface area contributed by atoms with Gasteiger partial charge in [0.2, 0.25) is 0 Å². The van der Waals surface area contributed by atoms with Crippen LogP contribution in [0.4, 0.5) is 0 Å². The van der Waals surface area contributed by atoms with E-state index in [1.165, 1.54) is 0 Å². The Balaban J connectivity index is 0.000000426. The van der Waals surface area contributed by atoms with Gasteiger partial charge in [0.15, 0.2) is 0 Å². The monoisotopic (exact) mass is 418 g/mol. The van der Waals surface area contributed by atoms with Gasteiger partial charge in [0.25, 0.3) is 0 Å². The van der Waals surface area contributed by atoms with Gasteiger partial charge in [0, 0.05) is 0 Å². The maximum atomic E-state index is 10.2. The van der Waals surface area contributed by atoms with Crippen LogP contribution >= 0.6 is 0 Å². The lowest BCUT2D eigenvalue weighted by Gasteiger charge is -2.14. The number of aromatic carboxylic acids is 2. The third kappa shape index (κ3) is 14.3. The number of carbonyl (C=O) groups is 2. The maximum Gasteiger partial charge on any atom is 0.335 e. The van der Waals surface area contributed by atoms with Crippen molar-refractivity contribution >= 4 is 11.9 Å². The molecule has 0 bridgehead atoms. The summed E-state index contributed by atoms with van der Waals surface area (Å²) in [6.07, 6.45) is 4.74. The van der Waals surface area contributed by atoms with Gasteiger partial charge in [-0.25, -0.2) is 9.59 Å². The van der Waals surface area contributed by atoms with Crippen molar-refractivity contribution < 1.29 is 30.0 Å². The molecule has 0 aliphatic carbocycles. The summed E-state index contributed by atoms with van der Waals surface area (Å²) in [5, 5.41) is 35.5. The maximum absolute atomic E-state index is 10.2. The number of aliphatic hydroxyl groups is 2. The van der Waals surface area contributed by atoms with E-state index in [1.807, 2.05) is 6.92 Å². The van der Waals surface area contributed by atoms with Crippen LogP contribution in [0.25, 0.3) is 0 Å². The topological polar surface area (TPSA) is 115 Å². The summed E-state index contributed by atoms with van der Waals surface area (Å²) in [6.45, 7) is 4.15. The van der Waals surface area contributed by atoms with Gasteiger partial charge in [0.05, 0.1) is 23.3 Å². The van der Waals surface area contributed by atoms with Gasteiger partial charge in [-0.1, -0.05) is 69.5 Å². The van der Waals surface area contributed by atoms with Crippen molar-refractivity contribution in [2.45, 2.75) is 64.6 Å². The zero-order valence-electron chi connectivity index (χ0n) is 17.8. The lowest BCUT2D eigenvalue weighted by Crippen LogP contribution is -2.17. The van der Waals surface area contributed by atoms with E-state index in [2.05, 4.69) is 6.92 Å². The van der Waals surface area contributed by atoms with E-state index in [0.717, 1.165) is 32.1 Å². The van der Waals surface area contributed by atoms with E-state index in [1.54, 1.807) is 60.7 Å². The number of hydrogen-bond acceptors (Lipinski definition) is 4. The predicted octanol–water partition coefficient (Wildman–Crippen LogP) is 4.86. The van der Waals surface area contributed by atoms with E-state index in [9.17, 15) is 19.8 Å². The summed E-state index contributed by atoms with van der Waals surface area (Å²) in [5.74, 6) is -1.76. The zero-order chi connectivity index (χ0) is 22.8. The molecule has 30 heavy (non-hydrogen) atoms. The highest BCUT2D eigenvalue weighted by molar-refractivity contribution is 5.87. The molecule has 2 rings (SSSR count). The van der Waals surface area contributed by atoms with E-state index in [-0.39, 0.29) is 12.2 Å². The molecule has 0 aromatic heterocycles. The SMILES string of the molecule is CCCCC(O)CC(O)CCC.O=C(O)c1ccccc1.O=C(O)c1ccccc1. The number of aliphatic hydroxyl groups excluding tert-OH is 2. The number of carboxylic acids is 2. The van der Waals surface area contributed by atoms with Gasteiger partial charge in [-0.3, -0.25) is 0 Å². The highest BCUT2D eigenvalue weighted by atomic mass is 16.4. The first-order valence-electron chi connectivity index (χ1n) is 10.2. The van der Waals surface area contributed by atoms with Crippen LogP contribution in [0, 0.1) is 0 Å². The lowest BCUT2D eigenvalue weighted by molar-refractivity contribution is 0.0686. The van der Waals surface area contributed by atoms with Gasteiger partial charge < -0.3 is 20.4 Å². The summed E-state index contributed by atoms with van der Waals surface area (Å²) in [6, 6.07) is 16.6. The van der Waals surface area contributed by atoms with Crippen LogP contribution in [0.3, 0.4) is 0 Å². The molecule has 4 N–H and O–H groups in total. The molecule has 0 fully saturated rings. The zero-order valence-corrected chi connectivity index (χ0v) is 17.8. The molecule has 2 aromatic rings. The molecule has 2 unspecified atom stereocenters. The summed E-state index contributed by atoms with van der Waals surface area (Å²) in [4.78, 5) is 20.4. The third-order valence-corrected chi connectivity index (χ3v) is 4.10.